The van der Waals surface area contributed by atoms with Gasteiger partial charge in [0, 0.05) is 23.9 Å². The molecule has 0 unspecified atom stereocenters. The Kier molecular flexibility index (Phi) is 6.18. The molecule has 0 saturated heterocycles. The summed E-state index contributed by atoms with van der Waals surface area (Å²) < 4.78 is 5.96. The number of thiazole rings is 1. The van der Waals surface area contributed by atoms with Gasteiger partial charge in [-0.15, -0.1) is 0 Å². The van der Waals surface area contributed by atoms with Gasteiger partial charge in [0.1, 0.15) is 11.5 Å². The van der Waals surface area contributed by atoms with E-state index in [0.717, 1.165) is 10.6 Å². The fourth-order valence-corrected chi connectivity index (χ4v) is 4.35. The molecule has 160 valence electrons. The Morgan fingerprint density at radius 1 is 1.10 bits per heavy atom. The number of hydrogen-bond acceptors (Lipinski definition) is 5. The number of amides is 3. The van der Waals surface area contributed by atoms with E-state index >= 15 is 0 Å². The van der Waals surface area contributed by atoms with Crippen LogP contribution in [0.25, 0.3) is 0 Å². The average Bonchev–Trinajstić information content (AvgIpc) is 3.15. The first kappa shape index (κ1) is 20.9. The molecule has 1 aliphatic heterocycles. The van der Waals surface area contributed by atoms with Crippen molar-refractivity contribution in [3.8, 4) is 11.5 Å². The molecular weight excluding hydrogens is 412 g/mol. The van der Waals surface area contributed by atoms with Crippen LogP contribution in [-0.4, -0.2) is 34.4 Å². The zero-order chi connectivity index (χ0) is 21.8. The van der Waals surface area contributed by atoms with Crippen LogP contribution in [0, 0.1) is 0 Å². The molecule has 3 aromatic rings. The number of ether oxygens (including phenoxy) is 1. The van der Waals surface area contributed by atoms with Gasteiger partial charge in [-0.3, -0.25) is 10.1 Å². The minimum Gasteiger partial charge on any atom is -0.457 e. The number of fused-ring (bicyclic) bond motifs is 1. The molecule has 1 aliphatic rings. The van der Waals surface area contributed by atoms with Crippen molar-refractivity contribution >= 4 is 28.4 Å². The maximum Gasteiger partial charge on any atom is 0.321 e. The lowest BCUT2D eigenvalue weighted by molar-refractivity contribution is 0.0733. The van der Waals surface area contributed by atoms with E-state index in [0.29, 0.717) is 41.7 Å². The number of nitrogens with one attached hydrogen (secondary N) is 2. The maximum atomic E-state index is 13.3. The number of para-hydroxylation sites is 2. The first-order valence-corrected chi connectivity index (χ1v) is 11.0. The van der Waals surface area contributed by atoms with E-state index < -0.39 is 0 Å². The molecule has 2 N–H and O–H groups in total. The molecule has 4 rings (SSSR count). The number of hydrogen-bond donors (Lipinski definition) is 2. The first-order chi connectivity index (χ1) is 15.0. The Hall–Kier alpha value is -3.39. The van der Waals surface area contributed by atoms with Crippen LogP contribution in [0.4, 0.5) is 9.93 Å². The summed E-state index contributed by atoms with van der Waals surface area (Å²) in [5, 5.41) is 6.11. The number of benzene rings is 2. The summed E-state index contributed by atoms with van der Waals surface area (Å²) in [6, 6.07) is 16.5. The summed E-state index contributed by atoms with van der Waals surface area (Å²) in [7, 11) is 0. The van der Waals surface area contributed by atoms with Gasteiger partial charge in [-0.2, -0.15) is 0 Å². The van der Waals surface area contributed by atoms with Crippen molar-refractivity contribution in [2.75, 3.05) is 11.9 Å². The van der Waals surface area contributed by atoms with Crippen molar-refractivity contribution < 1.29 is 14.3 Å². The van der Waals surface area contributed by atoms with E-state index in [9.17, 15) is 9.59 Å². The summed E-state index contributed by atoms with van der Waals surface area (Å²) in [5.41, 5.74) is 1.46. The molecule has 0 bridgehead atoms. The number of urea groups is 1. The molecule has 8 heteroatoms. The van der Waals surface area contributed by atoms with E-state index in [4.69, 9.17) is 4.74 Å². The molecule has 0 radical (unpaired) electrons. The Morgan fingerprint density at radius 2 is 1.84 bits per heavy atom. The SMILES string of the molecule is CC(C)NC(=O)Nc1nc2c(s1)CN(C(=O)c1ccccc1Oc1ccccc1)CC2. The van der Waals surface area contributed by atoms with Crippen LogP contribution >= 0.6 is 11.3 Å². The van der Waals surface area contributed by atoms with Crippen LogP contribution < -0.4 is 15.4 Å². The highest BCUT2D eigenvalue weighted by Gasteiger charge is 2.27. The second kappa shape index (κ2) is 9.18. The fourth-order valence-electron chi connectivity index (χ4n) is 3.34. The van der Waals surface area contributed by atoms with Gasteiger partial charge in [0.15, 0.2) is 5.13 Å². The Labute approximate surface area is 185 Å². The summed E-state index contributed by atoms with van der Waals surface area (Å²) in [6.07, 6.45) is 0.646. The lowest BCUT2D eigenvalue weighted by Gasteiger charge is -2.26. The average molecular weight is 437 g/mol. The van der Waals surface area contributed by atoms with Crippen LogP contribution in [-0.2, 0) is 13.0 Å². The minimum absolute atomic E-state index is 0.0425. The molecule has 0 fully saturated rings. The highest BCUT2D eigenvalue weighted by atomic mass is 32.1. The predicted octanol–water partition coefficient (Wildman–Crippen LogP) is 4.66. The number of nitrogens with zero attached hydrogens (tertiary/aromatic N) is 2. The third-order valence-corrected chi connectivity index (χ3v) is 5.74. The molecule has 0 spiro atoms. The van der Waals surface area contributed by atoms with Crippen molar-refractivity contribution in [2.45, 2.75) is 32.9 Å². The number of anilines is 1. The molecule has 0 saturated carbocycles. The Balaban J connectivity index is 1.48. The summed E-state index contributed by atoms with van der Waals surface area (Å²) >= 11 is 1.41. The number of rotatable bonds is 5. The molecule has 0 atom stereocenters. The van der Waals surface area contributed by atoms with Crippen LogP contribution in [0.15, 0.2) is 54.6 Å². The third-order valence-electron chi connectivity index (χ3n) is 4.75. The predicted molar refractivity (Wildman–Crippen MR) is 121 cm³/mol. The van der Waals surface area contributed by atoms with Crippen molar-refractivity contribution in [3.63, 3.8) is 0 Å². The first-order valence-electron chi connectivity index (χ1n) is 10.2. The molecule has 3 amide bonds. The highest BCUT2D eigenvalue weighted by molar-refractivity contribution is 7.15. The second-order valence-electron chi connectivity index (χ2n) is 7.53. The van der Waals surface area contributed by atoms with Crippen LogP contribution in [0.1, 0.15) is 34.8 Å². The highest BCUT2D eigenvalue weighted by Crippen LogP contribution is 2.31. The fraction of sp³-hybridized carbons (Fsp3) is 0.261. The van der Waals surface area contributed by atoms with Gasteiger partial charge >= 0.3 is 6.03 Å². The largest absolute Gasteiger partial charge is 0.457 e. The van der Waals surface area contributed by atoms with Gasteiger partial charge in [0.25, 0.3) is 5.91 Å². The molecular formula is C23H24N4O3S. The molecule has 0 aliphatic carbocycles. The van der Waals surface area contributed by atoms with Crippen molar-refractivity contribution in [2.24, 2.45) is 0 Å². The van der Waals surface area contributed by atoms with Crippen molar-refractivity contribution in [1.82, 2.24) is 15.2 Å². The van der Waals surface area contributed by atoms with Crippen molar-refractivity contribution in [3.05, 3.63) is 70.7 Å². The van der Waals surface area contributed by atoms with E-state index in [1.807, 2.05) is 56.3 Å². The number of aromatic nitrogens is 1. The van der Waals surface area contributed by atoms with E-state index in [2.05, 4.69) is 15.6 Å². The standard InChI is InChI=1S/C23H24N4O3S/c1-15(2)24-22(29)26-23-25-18-12-13-27(14-20(18)31-23)21(28)17-10-6-7-11-19(17)30-16-8-4-3-5-9-16/h3-11,15H,12-14H2,1-2H3,(H2,24,25,26,29). The van der Waals surface area contributed by atoms with Crippen LogP contribution in [0.2, 0.25) is 0 Å². The summed E-state index contributed by atoms with van der Waals surface area (Å²) in [6.45, 7) is 4.82. The minimum atomic E-state index is -0.277. The van der Waals surface area contributed by atoms with Gasteiger partial charge in [0.05, 0.1) is 17.8 Å². The van der Waals surface area contributed by atoms with Gasteiger partial charge < -0.3 is 15.0 Å². The summed E-state index contributed by atoms with van der Waals surface area (Å²) in [4.78, 5) is 32.5. The molecule has 7 nitrogen and oxygen atoms in total. The lowest BCUT2D eigenvalue weighted by atomic mass is 10.1. The third kappa shape index (κ3) is 5.03. The van der Waals surface area contributed by atoms with Gasteiger partial charge in [-0.05, 0) is 38.1 Å². The van der Waals surface area contributed by atoms with Crippen LogP contribution in [0.3, 0.4) is 0 Å². The van der Waals surface area contributed by atoms with Crippen molar-refractivity contribution in [1.29, 1.82) is 0 Å². The molecule has 2 heterocycles. The molecule has 1 aromatic heterocycles. The van der Waals surface area contributed by atoms with Crippen LogP contribution in [0.5, 0.6) is 11.5 Å². The molecule has 2 aromatic carbocycles. The van der Waals surface area contributed by atoms with E-state index in [1.54, 1.807) is 17.0 Å². The normalized spacial score (nSPS) is 12.9. The monoisotopic (exact) mass is 436 g/mol. The van der Waals surface area contributed by atoms with Gasteiger partial charge in [-0.1, -0.05) is 41.7 Å². The number of carbonyl (C=O) groups is 2. The summed E-state index contributed by atoms with van der Waals surface area (Å²) in [5.74, 6) is 1.13. The zero-order valence-electron chi connectivity index (χ0n) is 17.4. The Bertz CT molecular complexity index is 1080. The molecule has 31 heavy (non-hydrogen) atoms. The van der Waals surface area contributed by atoms with E-state index in [1.165, 1.54) is 11.3 Å². The topological polar surface area (TPSA) is 83.6 Å². The Morgan fingerprint density at radius 3 is 2.61 bits per heavy atom. The van der Waals surface area contributed by atoms with Gasteiger partial charge in [0.2, 0.25) is 0 Å². The smallest absolute Gasteiger partial charge is 0.321 e. The lowest BCUT2D eigenvalue weighted by Crippen LogP contribution is -2.35. The maximum absolute atomic E-state index is 13.3. The van der Waals surface area contributed by atoms with E-state index in [-0.39, 0.29) is 18.0 Å². The second-order valence-corrected chi connectivity index (χ2v) is 8.61. The zero-order valence-corrected chi connectivity index (χ0v) is 18.2. The quantitative estimate of drug-likeness (QED) is 0.609. The number of carbonyl (C=O) groups excluding carboxylic acids is 2. The van der Waals surface area contributed by atoms with Gasteiger partial charge in [-0.25, -0.2) is 9.78 Å².